The van der Waals surface area contributed by atoms with Gasteiger partial charge in [-0.25, -0.2) is 0 Å². The number of rotatable bonds is 2. The van der Waals surface area contributed by atoms with Gasteiger partial charge in [0.1, 0.15) is 5.75 Å². The molecule has 1 aromatic rings. The van der Waals surface area contributed by atoms with Gasteiger partial charge in [0, 0.05) is 7.05 Å². The van der Waals surface area contributed by atoms with Crippen LogP contribution in [-0.4, -0.2) is 12.2 Å². The maximum Gasteiger partial charge on any atom is 0.300 e. The van der Waals surface area contributed by atoms with Crippen molar-refractivity contribution < 1.29 is 9.67 Å². The van der Waals surface area contributed by atoms with Crippen molar-refractivity contribution in [3.63, 3.8) is 0 Å². The van der Waals surface area contributed by atoms with Crippen molar-refractivity contribution in [2.45, 2.75) is 0 Å². The average Bonchev–Trinajstić information content (AvgIpc) is 2.02. The van der Waals surface area contributed by atoms with E-state index in [2.05, 4.69) is 0 Å². The van der Waals surface area contributed by atoms with Crippen LogP contribution in [0.4, 0.5) is 5.69 Å². The maximum absolute atomic E-state index is 11.2. The molecular formula is C7H12N3O2P. The highest BCUT2D eigenvalue weighted by atomic mass is 31.2. The van der Waals surface area contributed by atoms with Crippen molar-refractivity contribution >= 4 is 13.3 Å². The number of hydrogen-bond acceptors (Lipinski definition) is 2. The summed E-state index contributed by atoms with van der Waals surface area (Å²) in [5.74, 6) is 0.00104. The van der Waals surface area contributed by atoms with Crippen LogP contribution in [0, 0.1) is 0 Å². The first-order valence-corrected chi connectivity index (χ1v) is 5.42. The third kappa shape index (κ3) is 2.21. The van der Waals surface area contributed by atoms with E-state index in [0.717, 1.165) is 0 Å². The predicted molar refractivity (Wildman–Crippen MR) is 52.5 cm³/mol. The predicted octanol–water partition coefficient (Wildman–Crippen LogP) is 0.854. The minimum atomic E-state index is -3.33. The number of hydrogen-bond donors (Lipinski definition) is 3. The van der Waals surface area contributed by atoms with E-state index in [4.69, 9.17) is 11.0 Å². The molecule has 0 saturated heterocycles. The number of phenols is 1. The van der Waals surface area contributed by atoms with Gasteiger partial charge in [0.25, 0.3) is 7.59 Å². The number of nitrogens with zero attached hydrogens (tertiary/aromatic N) is 1. The van der Waals surface area contributed by atoms with Crippen LogP contribution in [0.25, 0.3) is 0 Å². The lowest BCUT2D eigenvalue weighted by molar-refractivity contribution is 0.476. The van der Waals surface area contributed by atoms with Crippen molar-refractivity contribution in [3.05, 3.63) is 24.3 Å². The molecule has 0 radical (unpaired) electrons. The number of benzene rings is 1. The number of nitrogens with two attached hydrogens (primary N) is 2. The van der Waals surface area contributed by atoms with Gasteiger partial charge in [-0.15, -0.1) is 0 Å². The van der Waals surface area contributed by atoms with Gasteiger partial charge in [-0.1, -0.05) is 12.1 Å². The van der Waals surface area contributed by atoms with Gasteiger partial charge in [-0.3, -0.25) is 20.2 Å². The molecule has 0 bridgehead atoms. The quantitative estimate of drug-likeness (QED) is 0.617. The first-order valence-electron chi connectivity index (χ1n) is 3.62. The Balaban J connectivity index is 3.09. The molecule has 0 aliphatic carbocycles. The molecule has 5 N–H and O–H groups in total. The molecule has 0 aliphatic rings. The zero-order valence-electron chi connectivity index (χ0n) is 7.21. The Bertz CT molecular complexity index is 349. The third-order valence-electron chi connectivity index (χ3n) is 1.70. The zero-order valence-corrected chi connectivity index (χ0v) is 8.11. The highest BCUT2D eigenvalue weighted by Gasteiger charge is 2.18. The molecule has 1 rings (SSSR count). The van der Waals surface area contributed by atoms with Gasteiger partial charge in [0.15, 0.2) is 0 Å². The number of anilines is 1. The summed E-state index contributed by atoms with van der Waals surface area (Å²) in [4.78, 5) is 0. The summed E-state index contributed by atoms with van der Waals surface area (Å²) in [6.07, 6.45) is 0. The molecule has 0 unspecified atom stereocenters. The normalized spacial score (nSPS) is 11.3. The molecule has 1 aromatic carbocycles. The fourth-order valence-corrected chi connectivity index (χ4v) is 1.41. The molecule has 0 saturated carbocycles. The summed E-state index contributed by atoms with van der Waals surface area (Å²) in [7, 11) is -1.86. The van der Waals surface area contributed by atoms with Crippen LogP contribution in [0.1, 0.15) is 0 Å². The summed E-state index contributed by atoms with van der Waals surface area (Å²) in [5, 5.41) is 9.37. The molecule has 0 heterocycles. The third-order valence-corrected chi connectivity index (χ3v) is 2.85. The van der Waals surface area contributed by atoms with Gasteiger partial charge >= 0.3 is 0 Å². The van der Waals surface area contributed by atoms with Crippen LogP contribution in [-0.2, 0) is 4.57 Å². The van der Waals surface area contributed by atoms with Gasteiger partial charge in [-0.05, 0) is 12.1 Å². The maximum atomic E-state index is 11.2. The van der Waals surface area contributed by atoms with E-state index in [1.165, 1.54) is 17.8 Å². The van der Waals surface area contributed by atoms with E-state index in [-0.39, 0.29) is 5.75 Å². The average molecular weight is 201 g/mol. The monoisotopic (exact) mass is 201 g/mol. The molecule has 0 amide bonds. The Hall–Kier alpha value is -1.03. The van der Waals surface area contributed by atoms with E-state index in [0.29, 0.717) is 5.69 Å². The van der Waals surface area contributed by atoms with Crippen LogP contribution >= 0.6 is 7.59 Å². The van der Waals surface area contributed by atoms with Gasteiger partial charge in [0.05, 0.1) is 5.69 Å². The standard InChI is InChI=1S/C7H12N3O2P/c1-10(13(8,9)12)6-4-2-3-5-7(6)11/h2-5,11H,1H3,(H4,8,9,12). The number of phenolic OH excluding ortho intramolecular Hbond substituents is 1. The lowest BCUT2D eigenvalue weighted by Gasteiger charge is -2.23. The summed E-state index contributed by atoms with van der Waals surface area (Å²) in [6.45, 7) is 0. The van der Waals surface area contributed by atoms with Crippen molar-refractivity contribution in [1.82, 2.24) is 0 Å². The Kier molecular flexibility index (Phi) is 2.61. The van der Waals surface area contributed by atoms with E-state index < -0.39 is 7.59 Å². The van der Waals surface area contributed by atoms with Crippen molar-refractivity contribution in [2.75, 3.05) is 11.7 Å². The Labute approximate surface area is 76.5 Å². The molecule has 13 heavy (non-hydrogen) atoms. The van der Waals surface area contributed by atoms with Crippen LogP contribution in [0.5, 0.6) is 5.75 Å². The van der Waals surface area contributed by atoms with Crippen molar-refractivity contribution in [3.8, 4) is 5.75 Å². The van der Waals surface area contributed by atoms with Crippen LogP contribution in [0.3, 0.4) is 0 Å². The highest BCUT2D eigenvalue weighted by molar-refractivity contribution is 7.60. The molecule has 0 aliphatic heterocycles. The Morgan fingerprint density at radius 1 is 1.38 bits per heavy atom. The van der Waals surface area contributed by atoms with Crippen LogP contribution in [0.2, 0.25) is 0 Å². The van der Waals surface area contributed by atoms with E-state index >= 15 is 0 Å². The molecule has 0 fully saturated rings. The molecule has 72 valence electrons. The summed E-state index contributed by atoms with van der Waals surface area (Å²) >= 11 is 0. The molecule has 5 nitrogen and oxygen atoms in total. The molecule has 0 atom stereocenters. The Morgan fingerprint density at radius 3 is 2.38 bits per heavy atom. The largest absolute Gasteiger partial charge is 0.506 e. The van der Waals surface area contributed by atoms with E-state index in [9.17, 15) is 9.67 Å². The molecular weight excluding hydrogens is 189 g/mol. The molecule has 6 heteroatoms. The highest BCUT2D eigenvalue weighted by Crippen LogP contribution is 2.39. The lowest BCUT2D eigenvalue weighted by atomic mass is 10.3. The SMILES string of the molecule is CN(c1ccccc1O)P(N)(N)=O. The smallest absolute Gasteiger partial charge is 0.300 e. The fraction of sp³-hybridized carbons (Fsp3) is 0.143. The molecule has 0 aromatic heterocycles. The minimum absolute atomic E-state index is 0.00104. The second kappa shape index (κ2) is 3.38. The topological polar surface area (TPSA) is 92.6 Å². The second-order valence-corrected chi connectivity index (χ2v) is 4.63. The number of aromatic hydroxyl groups is 1. The van der Waals surface area contributed by atoms with Crippen LogP contribution < -0.4 is 15.7 Å². The van der Waals surface area contributed by atoms with Gasteiger partial charge in [-0.2, -0.15) is 0 Å². The Morgan fingerprint density at radius 2 is 1.92 bits per heavy atom. The second-order valence-electron chi connectivity index (χ2n) is 2.68. The van der Waals surface area contributed by atoms with E-state index in [1.807, 2.05) is 0 Å². The first-order chi connectivity index (χ1) is 5.93. The summed E-state index contributed by atoms with van der Waals surface area (Å²) in [5.41, 5.74) is 10.8. The van der Waals surface area contributed by atoms with E-state index in [1.54, 1.807) is 18.2 Å². The van der Waals surface area contributed by atoms with Crippen molar-refractivity contribution in [1.29, 1.82) is 0 Å². The summed E-state index contributed by atoms with van der Waals surface area (Å²) in [6, 6.07) is 6.41. The van der Waals surface area contributed by atoms with Gasteiger partial charge in [0.2, 0.25) is 0 Å². The van der Waals surface area contributed by atoms with Crippen molar-refractivity contribution in [2.24, 2.45) is 11.0 Å². The number of para-hydroxylation sites is 2. The lowest BCUT2D eigenvalue weighted by Crippen LogP contribution is -2.24. The van der Waals surface area contributed by atoms with Gasteiger partial charge < -0.3 is 5.11 Å². The first kappa shape index (κ1) is 10.1. The minimum Gasteiger partial charge on any atom is -0.506 e. The fourth-order valence-electron chi connectivity index (χ4n) is 0.906. The molecule has 0 spiro atoms. The summed E-state index contributed by atoms with van der Waals surface area (Å²) < 4.78 is 12.4. The van der Waals surface area contributed by atoms with Crippen LogP contribution in [0.15, 0.2) is 24.3 Å². The zero-order chi connectivity index (χ0) is 10.1.